The number of halogens is 2. The Labute approximate surface area is 88.6 Å². The summed E-state index contributed by atoms with van der Waals surface area (Å²) >= 11 is 3.14. The van der Waals surface area contributed by atoms with Crippen molar-refractivity contribution in [3.8, 4) is 0 Å². The van der Waals surface area contributed by atoms with E-state index in [2.05, 4.69) is 25.9 Å². The summed E-state index contributed by atoms with van der Waals surface area (Å²) < 4.78 is 13.5. The lowest BCUT2D eigenvalue weighted by Crippen LogP contribution is -2.06. The van der Waals surface area contributed by atoms with Gasteiger partial charge >= 0.3 is 0 Å². The van der Waals surface area contributed by atoms with Crippen LogP contribution < -0.4 is 5.73 Å². The molecule has 1 heterocycles. The van der Waals surface area contributed by atoms with Crippen molar-refractivity contribution >= 4 is 27.0 Å². The molecule has 5 heteroatoms. The summed E-state index contributed by atoms with van der Waals surface area (Å²) in [6.45, 7) is 1.82. The van der Waals surface area contributed by atoms with E-state index in [1.165, 1.54) is 6.07 Å². The zero-order valence-corrected chi connectivity index (χ0v) is 9.10. The molecule has 1 atom stereocenters. The van der Waals surface area contributed by atoms with Gasteiger partial charge in [-0.3, -0.25) is 0 Å². The predicted molar refractivity (Wildman–Crippen MR) is 56.4 cm³/mol. The number of fused-ring (bicyclic) bond motifs is 1. The van der Waals surface area contributed by atoms with Crippen molar-refractivity contribution in [3.05, 3.63) is 28.2 Å². The second-order valence-electron chi connectivity index (χ2n) is 3.17. The number of aromatic nitrogens is 2. The summed E-state index contributed by atoms with van der Waals surface area (Å²) in [7, 11) is 0. The second kappa shape index (κ2) is 3.33. The molecular formula is C9H9BrFN3. The molecule has 0 bridgehead atoms. The lowest BCUT2D eigenvalue weighted by molar-refractivity contribution is 0.623. The van der Waals surface area contributed by atoms with E-state index in [4.69, 9.17) is 5.73 Å². The van der Waals surface area contributed by atoms with Gasteiger partial charge in [-0.05, 0) is 35.0 Å². The minimum absolute atomic E-state index is 0.183. The van der Waals surface area contributed by atoms with E-state index in [0.29, 0.717) is 15.8 Å². The fourth-order valence-corrected chi connectivity index (χ4v) is 1.69. The Morgan fingerprint density at radius 3 is 2.93 bits per heavy atom. The first kappa shape index (κ1) is 9.61. The molecular weight excluding hydrogens is 249 g/mol. The molecule has 0 radical (unpaired) electrons. The Morgan fingerprint density at radius 2 is 2.29 bits per heavy atom. The number of imidazole rings is 1. The number of nitrogens with two attached hydrogens (primary N) is 1. The fourth-order valence-electron chi connectivity index (χ4n) is 1.25. The highest BCUT2D eigenvalue weighted by Crippen LogP contribution is 2.25. The molecule has 0 amide bonds. The zero-order chi connectivity index (χ0) is 10.3. The first-order valence-corrected chi connectivity index (χ1v) is 4.98. The molecule has 14 heavy (non-hydrogen) atoms. The highest BCUT2D eigenvalue weighted by Gasteiger charge is 2.11. The Balaban J connectivity index is 2.71. The molecule has 3 nitrogen and oxygen atoms in total. The number of hydrogen-bond donors (Lipinski definition) is 2. The molecule has 0 fully saturated rings. The van der Waals surface area contributed by atoms with E-state index in [9.17, 15) is 4.39 Å². The van der Waals surface area contributed by atoms with Gasteiger partial charge in [0, 0.05) is 0 Å². The van der Waals surface area contributed by atoms with Crippen LogP contribution in [0.4, 0.5) is 4.39 Å². The van der Waals surface area contributed by atoms with Gasteiger partial charge in [-0.25, -0.2) is 9.37 Å². The SMILES string of the molecule is CC(N)c1nc2c(Br)c(F)ccc2[nH]1. The maximum Gasteiger partial charge on any atom is 0.139 e. The van der Waals surface area contributed by atoms with Gasteiger partial charge in [-0.15, -0.1) is 0 Å². The molecule has 0 spiro atoms. The Morgan fingerprint density at radius 1 is 1.57 bits per heavy atom. The number of rotatable bonds is 1. The Hall–Kier alpha value is -0.940. The first-order chi connectivity index (χ1) is 6.59. The lowest BCUT2D eigenvalue weighted by Gasteiger charge is -1.96. The van der Waals surface area contributed by atoms with Crippen LogP contribution >= 0.6 is 15.9 Å². The smallest absolute Gasteiger partial charge is 0.139 e. The highest BCUT2D eigenvalue weighted by atomic mass is 79.9. The molecule has 2 rings (SSSR count). The van der Waals surface area contributed by atoms with E-state index in [1.807, 2.05) is 6.92 Å². The number of nitrogens with zero attached hydrogens (tertiary/aromatic N) is 1. The summed E-state index contributed by atoms with van der Waals surface area (Å²) in [5.74, 6) is 0.339. The van der Waals surface area contributed by atoms with Crippen LogP contribution in [-0.4, -0.2) is 9.97 Å². The number of nitrogens with one attached hydrogen (secondary N) is 1. The van der Waals surface area contributed by atoms with E-state index in [1.54, 1.807) is 6.07 Å². The van der Waals surface area contributed by atoms with Crippen molar-refractivity contribution in [3.63, 3.8) is 0 Å². The zero-order valence-electron chi connectivity index (χ0n) is 7.51. The normalized spacial score (nSPS) is 13.4. The fraction of sp³-hybridized carbons (Fsp3) is 0.222. The molecule has 1 unspecified atom stereocenters. The molecule has 0 aliphatic carbocycles. The molecule has 3 N–H and O–H groups in total. The van der Waals surface area contributed by atoms with Gasteiger partial charge in [0.25, 0.3) is 0 Å². The maximum atomic E-state index is 13.1. The van der Waals surface area contributed by atoms with E-state index < -0.39 is 0 Å². The molecule has 0 saturated heterocycles. The monoisotopic (exact) mass is 257 g/mol. The summed E-state index contributed by atoms with van der Waals surface area (Å²) in [6.07, 6.45) is 0. The van der Waals surface area contributed by atoms with E-state index in [-0.39, 0.29) is 11.9 Å². The number of aromatic amines is 1. The van der Waals surface area contributed by atoms with Gasteiger partial charge in [0.15, 0.2) is 0 Å². The quantitative estimate of drug-likeness (QED) is 0.825. The standard InChI is InChI=1S/C9H9BrFN3/c1-4(12)9-13-6-3-2-5(11)7(10)8(6)14-9/h2-4H,12H2,1H3,(H,13,14). The molecule has 0 aliphatic rings. The van der Waals surface area contributed by atoms with Crippen molar-refractivity contribution in [1.29, 1.82) is 0 Å². The van der Waals surface area contributed by atoms with Gasteiger partial charge in [0.2, 0.25) is 0 Å². The van der Waals surface area contributed by atoms with Crippen LogP contribution in [0.3, 0.4) is 0 Å². The van der Waals surface area contributed by atoms with E-state index in [0.717, 1.165) is 5.52 Å². The summed E-state index contributed by atoms with van der Waals surface area (Å²) in [5.41, 5.74) is 7.03. The molecule has 74 valence electrons. The van der Waals surface area contributed by atoms with E-state index >= 15 is 0 Å². The van der Waals surface area contributed by atoms with Crippen LogP contribution in [0, 0.1) is 5.82 Å². The van der Waals surface area contributed by atoms with Gasteiger partial charge in [-0.1, -0.05) is 0 Å². The average molecular weight is 258 g/mol. The van der Waals surface area contributed by atoms with Crippen molar-refractivity contribution in [1.82, 2.24) is 9.97 Å². The van der Waals surface area contributed by atoms with Gasteiger partial charge in [0.1, 0.15) is 17.2 Å². The van der Waals surface area contributed by atoms with Crippen molar-refractivity contribution in [2.75, 3.05) is 0 Å². The number of benzene rings is 1. The third-order valence-corrected chi connectivity index (χ3v) is 2.75. The number of H-pyrrole nitrogens is 1. The van der Waals surface area contributed by atoms with Crippen LogP contribution in [0.1, 0.15) is 18.8 Å². The van der Waals surface area contributed by atoms with Crippen LogP contribution in [0.2, 0.25) is 0 Å². The van der Waals surface area contributed by atoms with Crippen LogP contribution in [0.15, 0.2) is 16.6 Å². The summed E-state index contributed by atoms with van der Waals surface area (Å²) in [4.78, 5) is 7.24. The second-order valence-corrected chi connectivity index (χ2v) is 3.96. The molecule has 1 aromatic carbocycles. The molecule has 0 saturated carbocycles. The predicted octanol–water partition coefficient (Wildman–Crippen LogP) is 2.48. The van der Waals surface area contributed by atoms with Crippen LogP contribution in [0.25, 0.3) is 11.0 Å². The highest BCUT2D eigenvalue weighted by molar-refractivity contribution is 9.10. The lowest BCUT2D eigenvalue weighted by atomic mass is 10.3. The largest absolute Gasteiger partial charge is 0.341 e. The average Bonchev–Trinajstić information content (AvgIpc) is 2.56. The molecule has 0 aliphatic heterocycles. The Bertz CT molecular complexity index is 478. The maximum absolute atomic E-state index is 13.1. The molecule has 1 aromatic heterocycles. The van der Waals surface area contributed by atoms with Crippen LogP contribution in [-0.2, 0) is 0 Å². The van der Waals surface area contributed by atoms with Gasteiger partial charge in [0.05, 0.1) is 16.0 Å². The minimum atomic E-state index is -0.319. The summed E-state index contributed by atoms with van der Waals surface area (Å²) in [5, 5.41) is 0. The van der Waals surface area contributed by atoms with Gasteiger partial charge in [-0.2, -0.15) is 0 Å². The van der Waals surface area contributed by atoms with Gasteiger partial charge < -0.3 is 10.7 Å². The van der Waals surface area contributed by atoms with Crippen LogP contribution in [0.5, 0.6) is 0 Å². The van der Waals surface area contributed by atoms with Crippen molar-refractivity contribution in [2.45, 2.75) is 13.0 Å². The third kappa shape index (κ3) is 1.42. The number of hydrogen-bond acceptors (Lipinski definition) is 2. The third-order valence-electron chi connectivity index (χ3n) is 2.00. The van der Waals surface area contributed by atoms with Crippen molar-refractivity contribution < 1.29 is 4.39 Å². The topological polar surface area (TPSA) is 54.7 Å². The van der Waals surface area contributed by atoms with Crippen molar-refractivity contribution in [2.24, 2.45) is 5.73 Å². The molecule has 2 aromatic rings. The minimum Gasteiger partial charge on any atom is -0.341 e. The summed E-state index contributed by atoms with van der Waals surface area (Å²) in [6, 6.07) is 2.85. The Kier molecular flexibility index (Phi) is 2.28. The first-order valence-electron chi connectivity index (χ1n) is 4.19.